The second-order valence-corrected chi connectivity index (χ2v) is 5.86. The van der Waals surface area contributed by atoms with Gasteiger partial charge in [-0.1, -0.05) is 22.0 Å². The third-order valence-corrected chi connectivity index (χ3v) is 4.10. The van der Waals surface area contributed by atoms with Crippen molar-refractivity contribution in [3.8, 4) is 0 Å². The second-order valence-electron chi connectivity index (χ2n) is 4.95. The van der Waals surface area contributed by atoms with Gasteiger partial charge >= 0.3 is 0 Å². The van der Waals surface area contributed by atoms with Gasteiger partial charge in [0.2, 0.25) is 5.56 Å². The molecule has 0 spiro atoms. The number of aryl methyl sites for hydroxylation is 2. The Morgan fingerprint density at radius 2 is 2.16 bits per heavy atom. The van der Waals surface area contributed by atoms with Crippen molar-refractivity contribution in [1.29, 1.82) is 0 Å². The second kappa shape index (κ2) is 4.85. The Morgan fingerprint density at radius 1 is 1.32 bits per heavy atom. The average Bonchev–Trinajstić information content (AvgIpc) is 2.76. The van der Waals surface area contributed by atoms with E-state index < -0.39 is 0 Å². The van der Waals surface area contributed by atoms with Crippen LogP contribution in [-0.4, -0.2) is 4.57 Å². The van der Waals surface area contributed by atoms with Gasteiger partial charge in [-0.25, -0.2) is 0 Å². The first kappa shape index (κ1) is 12.5. The molecule has 1 N–H and O–H groups in total. The Balaban J connectivity index is 1.86. The van der Waals surface area contributed by atoms with Crippen molar-refractivity contribution in [1.82, 2.24) is 4.57 Å². The van der Waals surface area contributed by atoms with Gasteiger partial charge in [-0.15, -0.1) is 0 Å². The number of hydrogen-bond donors (Lipinski definition) is 1. The Bertz CT molecular complexity index is 678. The maximum absolute atomic E-state index is 11.4. The van der Waals surface area contributed by atoms with Crippen LogP contribution >= 0.6 is 15.9 Å². The fraction of sp³-hybridized carbons (Fsp3) is 0.267. The normalized spacial score (nSPS) is 17.3. The molecule has 1 heterocycles. The lowest BCUT2D eigenvalue weighted by atomic mass is 10.1. The lowest BCUT2D eigenvalue weighted by molar-refractivity contribution is 0.756. The van der Waals surface area contributed by atoms with E-state index in [0.29, 0.717) is 6.04 Å². The number of halogens is 1. The molecule has 3 rings (SSSR count). The number of nitrogens with one attached hydrogen (secondary N) is 1. The number of fused-ring (bicyclic) bond motifs is 1. The zero-order chi connectivity index (χ0) is 13.4. The molecular formula is C15H15BrN2O. The predicted octanol–water partition coefficient (Wildman–Crippen LogP) is 3.25. The number of rotatable bonds is 2. The van der Waals surface area contributed by atoms with Crippen molar-refractivity contribution in [3.05, 3.63) is 62.5 Å². The van der Waals surface area contributed by atoms with E-state index in [9.17, 15) is 4.79 Å². The fourth-order valence-corrected chi connectivity index (χ4v) is 3.03. The highest BCUT2D eigenvalue weighted by Gasteiger charge is 2.22. The molecule has 0 saturated heterocycles. The molecule has 4 heteroatoms. The molecule has 0 fully saturated rings. The quantitative estimate of drug-likeness (QED) is 0.922. The fourth-order valence-electron chi connectivity index (χ4n) is 2.62. The highest BCUT2D eigenvalue weighted by Crippen LogP contribution is 2.35. The van der Waals surface area contributed by atoms with Crippen LogP contribution in [0.1, 0.15) is 23.6 Å². The first-order valence-corrected chi connectivity index (χ1v) is 7.14. The summed E-state index contributed by atoms with van der Waals surface area (Å²) in [4.78, 5) is 11.4. The van der Waals surface area contributed by atoms with Crippen LogP contribution in [0.15, 0.2) is 45.8 Å². The smallest absolute Gasteiger partial charge is 0.250 e. The largest absolute Gasteiger partial charge is 0.377 e. The summed E-state index contributed by atoms with van der Waals surface area (Å²) in [6.45, 7) is 0. The van der Waals surface area contributed by atoms with Crippen LogP contribution in [0.3, 0.4) is 0 Å². The van der Waals surface area contributed by atoms with Gasteiger partial charge in [0.15, 0.2) is 0 Å². The van der Waals surface area contributed by atoms with E-state index in [4.69, 9.17) is 0 Å². The van der Waals surface area contributed by atoms with Gasteiger partial charge in [-0.05, 0) is 42.2 Å². The van der Waals surface area contributed by atoms with Crippen LogP contribution in [0.2, 0.25) is 0 Å². The molecule has 1 aromatic heterocycles. The van der Waals surface area contributed by atoms with Gasteiger partial charge in [0.05, 0.1) is 11.7 Å². The minimum absolute atomic E-state index is 0.0151. The van der Waals surface area contributed by atoms with Crippen molar-refractivity contribution in [2.24, 2.45) is 7.05 Å². The van der Waals surface area contributed by atoms with Crippen LogP contribution in [0.5, 0.6) is 0 Å². The highest BCUT2D eigenvalue weighted by molar-refractivity contribution is 9.10. The summed E-state index contributed by atoms with van der Waals surface area (Å²) in [6, 6.07) is 10.2. The summed E-state index contributed by atoms with van der Waals surface area (Å²) in [5, 5.41) is 3.51. The summed E-state index contributed by atoms with van der Waals surface area (Å²) in [7, 11) is 1.77. The van der Waals surface area contributed by atoms with Crippen LogP contribution in [0.4, 0.5) is 5.69 Å². The number of aromatic nitrogens is 1. The summed E-state index contributed by atoms with van der Waals surface area (Å²) >= 11 is 3.51. The van der Waals surface area contributed by atoms with E-state index in [-0.39, 0.29) is 5.56 Å². The molecule has 1 aliphatic carbocycles. The highest BCUT2D eigenvalue weighted by atomic mass is 79.9. The molecule has 1 unspecified atom stereocenters. The van der Waals surface area contributed by atoms with Gasteiger partial charge in [0.1, 0.15) is 0 Å². The van der Waals surface area contributed by atoms with Crippen molar-refractivity contribution >= 4 is 21.6 Å². The third-order valence-electron chi connectivity index (χ3n) is 3.61. The zero-order valence-electron chi connectivity index (χ0n) is 10.7. The van der Waals surface area contributed by atoms with E-state index in [1.807, 2.05) is 12.3 Å². The van der Waals surface area contributed by atoms with Crippen LogP contribution in [-0.2, 0) is 13.5 Å². The Kier molecular flexibility index (Phi) is 3.19. The maximum atomic E-state index is 11.4. The summed E-state index contributed by atoms with van der Waals surface area (Å²) in [6.07, 6.45) is 4.03. The molecule has 3 nitrogen and oxygen atoms in total. The molecule has 2 aromatic rings. The number of hydrogen-bond acceptors (Lipinski definition) is 2. The summed E-state index contributed by atoms with van der Waals surface area (Å²) < 4.78 is 2.73. The number of pyridine rings is 1. The van der Waals surface area contributed by atoms with E-state index >= 15 is 0 Å². The van der Waals surface area contributed by atoms with Crippen molar-refractivity contribution < 1.29 is 0 Å². The lowest BCUT2D eigenvalue weighted by Crippen LogP contribution is -2.16. The van der Waals surface area contributed by atoms with E-state index in [0.717, 1.165) is 23.0 Å². The number of benzene rings is 1. The number of nitrogens with zero attached hydrogens (tertiary/aromatic N) is 1. The molecule has 1 aliphatic rings. The first-order chi connectivity index (χ1) is 9.13. The Morgan fingerprint density at radius 3 is 2.95 bits per heavy atom. The third kappa shape index (κ3) is 2.45. The van der Waals surface area contributed by atoms with Gasteiger partial charge < -0.3 is 9.88 Å². The molecule has 19 heavy (non-hydrogen) atoms. The molecule has 0 bridgehead atoms. The number of anilines is 1. The first-order valence-electron chi connectivity index (χ1n) is 6.35. The Labute approximate surface area is 120 Å². The van der Waals surface area contributed by atoms with E-state index in [1.165, 1.54) is 11.1 Å². The Hall–Kier alpha value is -1.55. The average molecular weight is 319 g/mol. The standard InChI is InChI=1S/C15H15BrN2O/c1-18-9-12(4-7-15(18)19)17-14-6-2-10-8-11(16)3-5-13(10)14/h3-5,7-9,14,17H,2,6H2,1H3. The van der Waals surface area contributed by atoms with Crippen molar-refractivity contribution in [2.75, 3.05) is 5.32 Å². The molecule has 98 valence electrons. The van der Waals surface area contributed by atoms with Crippen LogP contribution in [0, 0.1) is 0 Å². The maximum Gasteiger partial charge on any atom is 0.250 e. The zero-order valence-corrected chi connectivity index (χ0v) is 12.3. The molecule has 0 saturated carbocycles. The van der Waals surface area contributed by atoms with Gasteiger partial charge in [0.25, 0.3) is 0 Å². The SMILES string of the molecule is Cn1cc(NC2CCc3cc(Br)ccc32)ccc1=O. The molecule has 1 atom stereocenters. The summed E-state index contributed by atoms with van der Waals surface area (Å²) in [5.41, 5.74) is 3.76. The predicted molar refractivity (Wildman–Crippen MR) is 80.5 cm³/mol. The van der Waals surface area contributed by atoms with Crippen molar-refractivity contribution in [2.45, 2.75) is 18.9 Å². The molecule has 0 radical (unpaired) electrons. The minimum Gasteiger partial charge on any atom is -0.377 e. The molecule has 0 amide bonds. The van der Waals surface area contributed by atoms with Crippen molar-refractivity contribution in [3.63, 3.8) is 0 Å². The molecule has 1 aromatic carbocycles. The van der Waals surface area contributed by atoms with Gasteiger partial charge in [-0.3, -0.25) is 4.79 Å². The monoisotopic (exact) mass is 318 g/mol. The molecular weight excluding hydrogens is 304 g/mol. The van der Waals surface area contributed by atoms with Gasteiger partial charge in [0, 0.05) is 23.8 Å². The van der Waals surface area contributed by atoms with Crippen LogP contribution < -0.4 is 10.9 Å². The topological polar surface area (TPSA) is 34.0 Å². The van der Waals surface area contributed by atoms with Crippen LogP contribution in [0.25, 0.3) is 0 Å². The summed E-state index contributed by atoms with van der Waals surface area (Å²) in [5.74, 6) is 0. The van der Waals surface area contributed by atoms with Gasteiger partial charge in [-0.2, -0.15) is 0 Å². The lowest BCUT2D eigenvalue weighted by Gasteiger charge is -2.16. The van der Waals surface area contributed by atoms with E-state index in [2.05, 4.69) is 39.4 Å². The van der Waals surface area contributed by atoms with E-state index in [1.54, 1.807) is 17.7 Å². The molecule has 0 aliphatic heterocycles. The minimum atomic E-state index is 0.0151.